The molecule has 0 saturated heterocycles. The molecule has 196 valence electrons. The van der Waals surface area contributed by atoms with Crippen molar-refractivity contribution in [2.75, 3.05) is 10.6 Å². The summed E-state index contributed by atoms with van der Waals surface area (Å²) in [6.45, 7) is 0. The van der Waals surface area contributed by atoms with E-state index in [1.54, 1.807) is 18.6 Å². The zero-order chi connectivity index (χ0) is 27.8. The maximum Gasteiger partial charge on any atom is 0.490 e. The lowest BCUT2D eigenvalue weighted by Crippen LogP contribution is -2.21. The van der Waals surface area contributed by atoms with Gasteiger partial charge in [0.2, 0.25) is 5.95 Å². The van der Waals surface area contributed by atoms with Gasteiger partial charge in [0.25, 0.3) is 0 Å². The molecule has 16 heteroatoms. The van der Waals surface area contributed by atoms with E-state index in [4.69, 9.17) is 31.4 Å². The average molecular weight is 550 g/mol. The van der Waals surface area contributed by atoms with Crippen LogP contribution >= 0.6 is 11.6 Å². The van der Waals surface area contributed by atoms with Gasteiger partial charge < -0.3 is 20.8 Å². The minimum atomic E-state index is -5.08. The van der Waals surface area contributed by atoms with Gasteiger partial charge in [0, 0.05) is 11.9 Å². The summed E-state index contributed by atoms with van der Waals surface area (Å²) in [6, 6.07) is 9.98. The number of pyridine rings is 1. The molecule has 0 atom stereocenters. The second kappa shape index (κ2) is 12.0. The topological polar surface area (TPSA) is 137 Å². The summed E-state index contributed by atoms with van der Waals surface area (Å²) in [5, 5.41) is 21.1. The molecule has 1 aromatic carbocycles. The molecular weight excluding hydrogens is 536 g/mol. The van der Waals surface area contributed by atoms with Crippen molar-refractivity contribution in [1.29, 1.82) is 0 Å². The van der Waals surface area contributed by atoms with Crippen LogP contribution in [0.25, 0.3) is 12.2 Å². The highest BCUT2D eigenvalue weighted by atomic mass is 35.5. The van der Waals surface area contributed by atoms with Crippen LogP contribution in [0.1, 0.15) is 11.1 Å². The van der Waals surface area contributed by atoms with Gasteiger partial charge in [-0.25, -0.2) is 14.6 Å². The molecule has 0 unspecified atom stereocenters. The monoisotopic (exact) mass is 549 g/mol. The van der Waals surface area contributed by atoms with Gasteiger partial charge in [0.1, 0.15) is 5.02 Å². The van der Waals surface area contributed by atoms with E-state index in [0.29, 0.717) is 16.8 Å². The summed E-state index contributed by atoms with van der Waals surface area (Å²) in [4.78, 5) is 30.7. The van der Waals surface area contributed by atoms with Crippen LogP contribution in [0.4, 0.5) is 49.5 Å². The molecule has 4 rings (SSSR count). The number of aliphatic carboxylic acids is 2. The van der Waals surface area contributed by atoms with Crippen LogP contribution in [0.3, 0.4) is 0 Å². The maximum atomic E-state index is 10.6. The summed E-state index contributed by atoms with van der Waals surface area (Å²) in [6.07, 6.45) is -1.02. The minimum Gasteiger partial charge on any atom is -0.475 e. The standard InChI is InChI=1S/C17H12ClN5.2C2HF3O2/c18-15-10-20-17-22-14-7-12(8-19-9-14)5-4-11-2-1-3-13(6-11)21-16(15)23-17;2*3-2(4,5)1(6)7/h1-10H,(H2,20,21,22,23);2*(H,6,7)/b5-4-;;. The van der Waals surface area contributed by atoms with Gasteiger partial charge in [-0.1, -0.05) is 35.9 Å². The number of aromatic nitrogens is 3. The van der Waals surface area contributed by atoms with E-state index in [1.807, 2.05) is 42.5 Å². The third kappa shape index (κ3) is 9.64. The Morgan fingerprint density at radius 3 is 1.97 bits per heavy atom. The number of carboxylic acids is 2. The van der Waals surface area contributed by atoms with Crippen LogP contribution in [-0.4, -0.2) is 49.5 Å². The second-order valence-electron chi connectivity index (χ2n) is 6.71. The van der Waals surface area contributed by atoms with Crippen molar-refractivity contribution in [2.24, 2.45) is 0 Å². The molecule has 3 heterocycles. The van der Waals surface area contributed by atoms with Crippen molar-refractivity contribution < 1.29 is 46.1 Å². The quantitative estimate of drug-likeness (QED) is 0.202. The number of carbonyl (C=O) groups is 2. The van der Waals surface area contributed by atoms with Crippen LogP contribution < -0.4 is 10.6 Å². The van der Waals surface area contributed by atoms with Crippen molar-refractivity contribution >= 4 is 58.8 Å². The van der Waals surface area contributed by atoms with E-state index >= 15 is 0 Å². The molecule has 9 nitrogen and oxygen atoms in total. The summed E-state index contributed by atoms with van der Waals surface area (Å²) in [5.41, 5.74) is 3.77. The number of rotatable bonds is 0. The molecule has 0 fully saturated rings. The van der Waals surface area contributed by atoms with Gasteiger partial charge in [-0.15, -0.1) is 0 Å². The fourth-order valence-corrected chi connectivity index (χ4v) is 2.45. The van der Waals surface area contributed by atoms with Crippen molar-refractivity contribution in [2.45, 2.75) is 12.4 Å². The largest absolute Gasteiger partial charge is 0.490 e. The smallest absolute Gasteiger partial charge is 0.475 e. The summed E-state index contributed by atoms with van der Waals surface area (Å²) in [7, 11) is 0. The number of hydrogen-bond acceptors (Lipinski definition) is 7. The Morgan fingerprint density at radius 1 is 0.811 bits per heavy atom. The lowest BCUT2D eigenvalue weighted by atomic mass is 10.1. The average Bonchev–Trinajstić information content (AvgIpc) is 2.80. The number of hydrogen-bond donors (Lipinski definition) is 4. The third-order valence-electron chi connectivity index (χ3n) is 3.86. The number of halogens is 7. The first-order valence-corrected chi connectivity index (χ1v) is 9.93. The van der Waals surface area contributed by atoms with Crippen molar-refractivity contribution in [3.8, 4) is 0 Å². The normalized spacial score (nSPS) is 12.7. The Bertz CT molecular complexity index is 1280. The predicted octanol–water partition coefficient (Wildman–Crippen LogP) is 5.76. The fraction of sp³-hybridized carbons (Fsp3) is 0.0952. The number of nitrogens with zero attached hydrogens (tertiary/aromatic N) is 3. The highest BCUT2D eigenvalue weighted by Crippen LogP contribution is 2.26. The number of benzene rings is 1. The number of nitrogens with one attached hydrogen (secondary N) is 2. The summed E-state index contributed by atoms with van der Waals surface area (Å²) >= 11 is 6.19. The molecule has 37 heavy (non-hydrogen) atoms. The third-order valence-corrected chi connectivity index (χ3v) is 4.14. The Hall–Kier alpha value is -4.40. The first-order valence-electron chi connectivity index (χ1n) is 9.55. The van der Waals surface area contributed by atoms with Crippen molar-refractivity contribution in [3.63, 3.8) is 0 Å². The zero-order valence-corrected chi connectivity index (χ0v) is 18.7. The molecule has 1 aliphatic rings. The molecule has 0 amide bonds. The number of fused-ring (bicyclic) bond motifs is 6. The van der Waals surface area contributed by atoms with Gasteiger partial charge in [-0.3, -0.25) is 4.98 Å². The lowest BCUT2D eigenvalue weighted by Gasteiger charge is -2.10. The van der Waals surface area contributed by atoms with Gasteiger partial charge in [-0.05, 0) is 29.3 Å². The number of alkyl halides is 6. The van der Waals surface area contributed by atoms with Crippen molar-refractivity contribution in [1.82, 2.24) is 15.0 Å². The van der Waals surface area contributed by atoms with Crippen LogP contribution in [0.15, 0.2) is 48.9 Å². The van der Waals surface area contributed by atoms with Gasteiger partial charge >= 0.3 is 24.3 Å². The Labute approximate surface area is 208 Å². The van der Waals surface area contributed by atoms with E-state index in [0.717, 1.165) is 22.5 Å². The Morgan fingerprint density at radius 2 is 1.38 bits per heavy atom. The van der Waals surface area contributed by atoms with Gasteiger partial charge in [0.15, 0.2) is 5.82 Å². The molecule has 0 saturated carbocycles. The molecule has 4 N–H and O–H groups in total. The van der Waals surface area contributed by atoms with Crippen LogP contribution in [0.5, 0.6) is 0 Å². The zero-order valence-electron chi connectivity index (χ0n) is 18.0. The van der Waals surface area contributed by atoms with Gasteiger partial charge in [-0.2, -0.15) is 31.3 Å². The predicted molar refractivity (Wildman–Crippen MR) is 121 cm³/mol. The highest BCUT2D eigenvalue weighted by Gasteiger charge is 2.38. The number of anilines is 4. The van der Waals surface area contributed by atoms with Crippen LogP contribution in [0.2, 0.25) is 5.02 Å². The van der Waals surface area contributed by atoms with Crippen molar-refractivity contribution in [3.05, 3.63) is 65.1 Å². The summed E-state index contributed by atoms with van der Waals surface area (Å²) in [5.74, 6) is -4.51. The Kier molecular flexibility index (Phi) is 9.37. The van der Waals surface area contributed by atoms with Gasteiger partial charge in [0.05, 0.1) is 18.1 Å². The van der Waals surface area contributed by atoms with E-state index < -0.39 is 24.3 Å². The lowest BCUT2D eigenvalue weighted by molar-refractivity contribution is -0.193. The molecular formula is C21H14ClF6N5O4. The van der Waals surface area contributed by atoms with Crippen LogP contribution in [0, 0.1) is 0 Å². The first-order chi connectivity index (χ1) is 17.1. The highest BCUT2D eigenvalue weighted by molar-refractivity contribution is 6.32. The molecule has 0 aliphatic carbocycles. The maximum absolute atomic E-state index is 10.6. The number of carboxylic acid groups (broad SMARTS) is 2. The van der Waals surface area contributed by atoms with E-state index in [1.165, 1.54) is 0 Å². The molecule has 2 aromatic heterocycles. The molecule has 1 aliphatic heterocycles. The van der Waals surface area contributed by atoms with E-state index in [9.17, 15) is 26.3 Å². The Balaban J connectivity index is 0.000000286. The van der Waals surface area contributed by atoms with E-state index in [-0.39, 0.29) is 0 Å². The SMILES string of the molecule is Clc1cnc2nc1Nc1cccc(c1)/C=C\c1cncc(c1)N2.O=C(O)C(F)(F)F.O=C(O)C(F)(F)F. The first kappa shape index (κ1) is 28.8. The van der Waals surface area contributed by atoms with E-state index in [2.05, 4.69) is 25.6 Å². The molecule has 0 radical (unpaired) electrons. The van der Waals surface area contributed by atoms with Crippen LogP contribution in [-0.2, 0) is 9.59 Å². The molecule has 0 spiro atoms. The minimum absolute atomic E-state index is 0.454. The molecule has 6 bridgehead atoms. The second-order valence-corrected chi connectivity index (χ2v) is 7.12. The molecule has 3 aromatic rings. The summed E-state index contributed by atoms with van der Waals surface area (Å²) < 4.78 is 63.5. The fourth-order valence-electron chi connectivity index (χ4n) is 2.31.